The summed E-state index contributed by atoms with van der Waals surface area (Å²) in [5.41, 5.74) is 0. The van der Waals surface area contributed by atoms with Crippen molar-refractivity contribution in [2.24, 2.45) is 0 Å². The minimum Gasteiger partial charge on any atom is -0.294 e. The van der Waals surface area contributed by atoms with Crippen LogP contribution in [0.25, 0.3) is 0 Å². The Kier molecular flexibility index (Phi) is 7.88. The third-order valence-electron chi connectivity index (χ3n) is 1.16. The Morgan fingerprint density at radius 3 is 2.39 bits per heavy atom. The van der Waals surface area contributed by atoms with E-state index in [0.29, 0.717) is 0 Å². The molecule has 0 aromatic rings. The van der Waals surface area contributed by atoms with Crippen molar-refractivity contribution >= 4 is 30.1 Å². The zero-order valence-electron chi connectivity index (χ0n) is 10.3. The summed E-state index contributed by atoms with van der Waals surface area (Å²) in [5, 5.41) is 0. The molecule has 106 valence electrons. The molecule has 0 rings (SSSR count). The Morgan fingerprint density at radius 1 is 1.28 bits per heavy atom. The van der Waals surface area contributed by atoms with Crippen LogP contribution in [0.5, 0.6) is 0 Å². The summed E-state index contributed by atoms with van der Waals surface area (Å²) in [7, 11) is -6.24. The molecular formula is C8H16O7S2Si. The van der Waals surface area contributed by atoms with Gasteiger partial charge in [0, 0.05) is 6.42 Å². The Bertz CT molecular complexity index is 429. The normalized spacial score (nSPS) is 13.8. The molecule has 0 aliphatic heterocycles. The van der Waals surface area contributed by atoms with Gasteiger partial charge in [0.15, 0.2) is 0 Å². The molecule has 18 heavy (non-hydrogen) atoms. The van der Waals surface area contributed by atoms with Crippen LogP contribution in [0.1, 0.15) is 6.42 Å². The molecule has 0 aliphatic rings. The van der Waals surface area contributed by atoms with Gasteiger partial charge in [0.2, 0.25) is 8.32 Å². The number of hydrogen-bond donors (Lipinski definition) is 1. The van der Waals surface area contributed by atoms with Gasteiger partial charge in [-0.3, -0.25) is 12.6 Å². The summed E-state index contributed by atoms with van der Waals surface area (Å²) in [5.74, 6) is 4.95. The summed E-state index contributed by atoms with van der Waals surface area (Å²) in [6.07, 6.45) is 0.199. The van der Waals surface area contributed by atoms with E-state index in [1.807, 2.05) is 0 Å². The molecule has 0 saturated heterocycles. The van der Waals surface area contributed by atoms with E-state index in [-0.39, 0.29) is 19.6 Å². The second-order valence-electron chi connectivity index (χ2n) is 4.01. The van der Waals surface area contributed by atoms with E-state index >= 15 is 0 Å². The van der Waals surface area contributed by atoms with E-state index in [0.717, 1.165) is 0 Å². The molecule has 0 heterocycles. The van der Waals surface area contributed by atoms with Crippen LogP contribution in [0, 0.1) is 11.8 Å². The predicted molar refractivity (Wildman–Crippen MR) is 68.4 cm³/mol. The number of rotatable bonds is 7. The van der Waals surface area contributed by atoms with Crippen LogP contribution in [0.3, 0.4) is 0 Å². The smallest absolute Gasteiger partial charge is 0.294 e. The maximum atomic E-state index is 11.2. The molecule has 1 N–H and O–H groups in total. The molecule has 1 atom stereocenters. The van der Waals surface area contributed by atoms with Gasteiger partial charge in [-0.1, -0.05) is 11.8 Å². The van der Waals surface area contributed by atoms with E-state index in [4.69, 9.17) is 8.42 Å². The second kappa shape index (κ2) is 8.00. The Labute approximate surface area is 111 Å². The molecule has 0 radical (unpaired) electrons. The van der Waals surface area contributed by atoms with Crippen molar-refractivity contribution in [2.75, 3.05) is 13.2 Å². The Hall–Kier alpha value is -0.283. The Morgan fingerprint density at radius 2 is 1.89 bits per heavy atom. The predicted octanol–water partition coefficient (Wildman–Crippen LogP) is 0.646. The lowest BCUT2D eigenvalue weighted by atomic mass is 10.4. The zero-order valence-corrected chi connectivity index (χ0v) is 13.0. The molecule has 10 heteroatoms. The van der Waals surface area contributed by atoms with Gasteiger partial charge < -0.3 is 0 Å². The van der Waals surface area contributed by atoms with E-state index in [1.54, 1.807) is 19.6 Å². The van der Waals surface area contributed by atoms with Gasteiger partial charge in [-0.2, -0.15) is 12.6 Å². The van der Waals surface area contributed by atoms with Gasteiger partial charge in [-0.25, -0.2) is 4.18 Å². The van der Waals surface area contributed by atoms with Crippen molar-refractivity contribution in [3.05, 3.63) is 0 Å². The highest BCUT2D eigenvalue weighted by Gasteiger charge is 2.24. The van der Waals surface area contributed by atoms with Gasteiger partial charge in [0.1, 0.15) is 6.61 Å². The lowest BCUT2D eigenvalue weighted by Crippen LogP contribution is -2.30. The largest absolute Gasteiger partial charge is 0.391 e. The second-order valence-corrected chi connectivity index (χ2v) is 10.6. The molecule has 0 amide bonds. The van der Waals surface area contributed by atoms with Gasteiger partial charge >= 0.3 is 21.8 Å². The minimum absolute atomic E-state index is 0.0196. The lowest BCUT2D eigenvalue weighted by molar-refractivity contribution is 0.304. The summed E-state index contributed by atoms with van der Waals surface area (Å²) in [4.78, 5) is 0. The third kappa shape index (κ3) is 12.2. The minimum atomic E-state index is -4.01. The summed E-state index contributed by atoms with van der Waals surface area (Å²) in [6.45, 7) is 4.80. The average molecular weight is 316 g/mol. The fourth-order valence-corrected chi connectivity index (χ4v) is 3.81. The molecule has 0 aromatic heterocycles. The topological polar surface area (TPSA) is 99.1 Å². The monoisotopic (exact) mass is 316 g/mol. The average Bonchev–Trinajstić information content (AvgIpc) is 2.11. The molecule has 0 bridgehead atoms. The first-order chi connectivity index (χ1) is 8.12. The molecular weight excluding hydrogens is 300 g/mol. The fraction of sp³-hybridized carbons (Fsp3) is 0.750. The van der Waals surface area contributed by atoms with E-state index in [9.17, 15) is 12.6 Å². The van der Waals surface area contributed by atoms with Crippen molar-refractivity contribution in [1.29, 1.82) is 0 Å². The molecule has 1 unspecified atom stereocenters. The van der Waals surface area contributed by atoms with Gasteiger partial charge in [0.25, 0.3) is 0 Å². The van der Waals surface area contributed by atoms with Crippen LogP contribution in [-0.4, -0.2) is 38.7 Å². The van der Waals surface area contributed by atoms with Crippen LogP contribution < -0.4 is 0 Å². The van der Waals surface area contributed by atoms with E-state index in [2.05, 4.69) is 20.2 Å². The summed E-state index contributed by atoms with van der Waals surface area (Å²) >= 11 is -2.31. The Balaban J connectivity index is 3.91. The van der Waals surface area contributed by atoms with Crippen molar-refractivity contribution < 1.29 is 29.4 Å². The van der Waals surface area contributed by atoms with Crippen molar-refractivity contribution in [3.8, 4) is 11.8 Å². The molecule has 0 aliphatic carbocycles. The van der Waals surface area contributed by atoms with Crippen molar-refractivity contribution in [2.45, 2.75) is 26.1 Å². The lowest BCUT2D eigenvalue weighted by Gasteiger charge is -2.15. The fourth-order valence-electron chi connectivity index (χ4n) is 0.735. The standard InChI is InChI=1S/C8H16O7S2Si/c1-18(2,3)15-17(11,12)14-8-6-4-5-7-13-16(9)10/h5,7-8H2,1-3H3,(H,9,10). The first-order valence-corrected chi connectivity index (χ1v) is 10.7. The van der Waals surface area contributed by atoms with Crippen LogP contribution in [0.15, 0.2) is 0 Å². The molecule has 0 fully saturated rings. The molecule has 7 nitrogen and oxygen atoms in total. The van der Waals surface area contributed by atoms with Gasteiger partial charge in [0.05, 0.1) is 6.61 Å². The molecule has 0 saturated carbocycles. The third-order valence-corrected chi connectivity index (χ3v) is 4.76. The maximum Gasteiger partial charge on any atom is 0.391 e. The first kappa shape index (κ1) is 17.7. The SMILES string of the molecule is C[Si](C)(C)OS(=O)(=O)OCC#CCCOS(=O)O. The van der Waals surface area contributed by atoms with Gasteiger partial charge in [-0.15, -0.1) is 0 Å². The summed E-state index contributed by atoms with van der Waals surface area (Å²) < 4.78 is 54.4. The van der Waals surface area contributed by atoms with Crippen LogP contribution >= 0.6 is 0 Å². The molecule has 0 aromatic carbocycles. The van der Waals surface area contributed by atoms with Crippen molar-refractivity contribution in [1.82, 2.24) is 0 Å². The molecule has 0 spiro atoms. The number of hydrogen-bond acceptors (Lipinski definition) is 6. The van der Waals surface area contributed by atoms with E-state index < -0.39 is 30.1 Å². The first-order valence-electron chi connectivity index (χ1n) is 4.92. The zero-order chi connectivity index (χ0) is 14.2. The van der Waals surface area contributed by atoms with Crippen LogP contribution in [0.4, 0.5) is 0 Å². The highest BCUT2D eigenvalue weighted by molar-refractivity contribution is 7.83. The quantitative estimate of drug-likeness (QED) is 0.318. The maximum absolute atomic E-state index is 11.2. The van der Waals surface area contributed by atoms with Crippen LogP contribution in [-0.2, 0) is 34.0 Å². The highest BCUT2D eigenvalue weighted by atomic mass is 32.3. The van der Waals surface area contributed by atoms with Crippen molar-refractivity contribution in [3.63, 3.8) is 0 Å². The van der Waals surface area contributed by atoms with Gasteiger partial charge in [-0.05, 0) is 19.6 Å². The highest BCUT2D eigenvalue weighted by Crippen LogP contribution is 2.09. The summed E-state index contributed by atoms with van der Waals surface area (Å²) in [6, 6.07) is 0. The van der Waals surface area contributed by atoms with E-state index in [1.165, 1.54) is 0 Å². The van der Waals surface area contributed by atoms with Crippen LogP contribution in [0.2, 0.25) is 19.6 Å².